The van der Waals surface area contributed by atoms with E-state index in [0.29, 0.717) is 50.5 Å². The van der Waals surface area contributed by atoms with Crippen molar-refractivity contribution in [3.05, 3.63) is 70.9 Å². The fourth-order valence-electron chi connectivity index (χ4n) is 5.26. The number of ether oxygens (including phenoxy) is 1. The molecule has 3 heterocycles. The normalized spacial score (nSPS) is 21.0. The Morgan fingerprint density at radius 3 is 2.42 bits per heavy atom. The van der Waals surface area contributed by atoms with Gasteiger partial charge in [0.1, 0.15) is 5.75 Å². The Kier molecular flexibility index (Phi) is 7.54. The fourth-order valence-corrected chi connectivity index (χ4v) is 5.45. The number of carbonyl (C=O) groups is 1. The van der Waals surface area contributed by atoms with Crippen molar-refractivity contribution in [3.8, 4) is 17.0 Å². The molecular weight excluding hydrogens is 521 g/mol. The van der Waals surface area contributed by atoms with Crippen LogP contribution in [0.3, 0.4) is 0 Å². The van der Waals surface area contributed by atoms with Gasteiger partial charge in [-0.1, -0.05) is 35.9 Å². The van der Waals surface area contributed by atoms with Gasteiger partial charge in [-0.25, -0.2) is 4.79 Å². The number of piperidine rings is 2. The van der Waals surface area contributed by atoms with Gasteiger partial charge in [0.2, 0.25) is 0 Å². The average Bonchev–Trinajstić information content (AvgIpc) is 3.39. The highest BCUT2D eigenvalue weighted by atomic mass is 35.5. The summed E-state index contributed by atoms with van der Waals surface area (Å²) >= 11 is 6.15. The number of amides is 2. The van der Waals surface area contributed by atoms with E-state index < -0.39 is 12.5 Å². The average molecular weight is 549 g/mol. The van der Waals surface area contributed by atoms with Crippen LogP contribution in [0.25, 0.3) is 11.3 Å². The zero-order valence-corrected chi connectivity index (χ0v) is 21.3. The molecule has 2 saturated heterocycles. The van der Waals surface area contributed by atoms with E-state index in [2.05, 4.69) is 14.9 Å². The molecule has 0 aliphatic carbocycles. The van der Waals surface area contributed by atoms with Crippen LogP contribution in [-0.4, -0.2) is 69.8 Å². The number of aliphatic hydroxyl groups is 1. The van der Waals surface area contributed by atoms with Crippen molar-refractivity contribution in [1.29, 1.82) is 0 Å². The van der Waals surface area contributed by atoms with E-state index in [1.165, 1.54) is 12.1 Å². The molecule has 2 fully saturated rings. The smallest absolute Gasteiger partial charge is 0.406 e. The Balaban J connectivity index is 1.39. The molecule has 202 valence electrons. The van der Waals surface area contributed by atoms with E-state index in [1.807, 2.05) is 24.3 Å². The second kappa shape index (κ2) is 10.9. The molecule has 5 rings (SSSR count). The molecule has 1 aromatic heterocycles. The van der Waals surface area contributed by atoms with Crippen LogP contribution in [0.1, 0.15) is 42.4 Å². The molecule has 2 atom stereocenters. The SMILES string of the molecule is O=C(N1CCC(O)CC1)N1CC(c2ccc(OC(F)(F)F)cc2)CC(c2cc(-c3cccc(Cl)c3)n[nH]2)C1. The number of likely N-dealkylation sites (tertiary alicyclic amines) is 2. The summed E-state index contributed by atoms with van der Waals surface area (Å²) in [6.07, 6.45) is -3.40. The maximum atomic E-state index is 13.5. The van der Waals surface area contributed by atoms with Crippen LogP contribution in [0, 0.1) is 0 Å². The van der Waals surface area contributed by atoms with Crippen LogP contribution in [0.15, 0.2) is 54.6 Å². The van der Waals surface area contributed by atoms with Crippen LogP contribution in [-0.2, 0) is 0 Å². The maximum absolute atomic E-state index is 13.5. The standard InChI is InChI=1S/C27H28ClF3N4O3/c28-21-3-1-2-18(13-21)24-14-25(33-32-24)20-12-19(17-4-6-23(7-5-17)38-27(29,30)31)15-35(16-20)26(37)34-10-8-22(36)9-11-34/h1-7,13-14,19-20,22,36H,8-12,15-16H2,(H,32,33). The Hall–Kier alpha value is -3.24. The third-order valence-corrected chi connectivity index (χ3v) is 7.43. The Bertz CT molecular complexity index is 1260. The molecule has 0 bridgehead atoms. The Morgan fingerprint density at radius 1 is 1.03 bits per heavy atom. The predicted molar refractivity (Wildman–Crippen MR) is 136 cm³/mol. The topological polar surface area (TPSA) is 81.7 Å². The molecule has 0 saturated carbocycles. The van der Waals surface area contributed by atoms with Crippen LogP contribution < -0.4 is 4.74 Å². The summed E-state index contributed by atoms with van der Waals surface area (Å²) in [5.41, 5.74) is 3.30. The molecule has 3 aromatic rings. The summed E-state index contributed by atoms with van der Waals surface area (Å²) in [5, 5.41) is 18.0. The molecule has 2 unspecified atom stereocenters. The quantitative estimate of drug-likeness (QED) is 0.433. The fraction of sp³-hybridized carbons (Fsp3) is 0.407. The number of benzene rings is 2. The lowest BCUT2D eigenvalue weighted by Gasteiger charge is -2.41. The molecule has 2 aliphatic heterocycles. The minimum absolute atomic E-state index is 0.0698. The summed E-state index contributed by atoms with van der Waals surface area (Å²) < 4.78 is 41.9. The molecule has 2 amide bonds. The predicted octanol–water partition coefficient (Wildman–Crippen LogP) is 5.78. The second-order valence-electron chi connectivity index (χ2n) is 9.87. The number of aromatic nitrogens is 2. The number of aromatic amines is 1. The van der Waals surface area contributed by atoms with Crippen molar-refractivity contribution in [2.75, 3.05) is 26.2 Å². The number of urea groups is 1. The zero-order valence-electron chi connectivity index (χ0n) is 20.5. The van der Waals surface area contributed by atoms with Gasteiger partial charge in [0.15, 0.2) is 0 Å². The number of carbonyl (C=O) groups excluding carboxylic acids is 1. The van der Waals surface area contributed by atoms with E-state index in [-0.39, 0.29) is 23.6 Å². The van der Waals surface area contributed by atoms with E-state index >= 15 is 0 Å². The van der Waals surface area contributed by atoms with Gasteiger partial charge < -0.3 is 19.6 Å². The van der Waals surface area contributed by atoms with Crippen molar-refractivity contribution >= 4 is 17.6 Å². The van der Waals surface area contributed by atoms with Crippen molar-refractivity contribution in [2.24, 2.45) is 0 Å². The Morgan fingerprint density at radius 2 is 1.74 bits per heavy atom. The minimum atomic E-state index is -4.76. The molecule has 38 heavy (non-hydrogen) atoms. The summed E-state index contributed by atoms with van der Waals surface area (Å²) in [4.78, 5) is 17.0. The highest BCUT2D eigenvalue weighted by molar-refractivity contribution is 6.30. The first-order valence-corrected chi connectivity index (χ1v) is 12.9. The van der Waals surface area contributed by atoms with Crippen LogP contribution in [0.2, 0.25) is 5.02 Å². The van der Waals surface area contributed by atoms with E-state index in [0.717, 1.165) is 22.5 Å². The number of hydrogen-bond acceptors (Lipinski definition) is 4. The lowest BCUT2D eigenvalue weighted by Crippen LogP contribution is -2.51. The molecule has 7 nitrogen and oxygen atoms in total. The van der Waals surface area contributed by atoms with Gasteiger partial charge in [-0.3, -0.25) is 5.10 Å². The van der Waals surface area contributed by atoms with E-state index in [9.17, 15) is 23.1 Å². The number of hydrogen-bond donors (Lipinski definition) is 2. The van der Waals surface area contributed by atoms with Crippen LogP contribution in [0.5, 0.6) is 5.75 Å². The largest absolute Gasteiger partial charge is 0.573 e. The molecule has 0 radical (unpaired) electrons. The molecule has 11 heteroatoms. The van der Waals surface area contributed by atoms with Gasteiger partial charge in [-0.15, -0.1) is 13.2 Å². The molecular formula is C27H28ClF3N4O3. The number of nitrogens with zero attached hydrogens (tertiary/aromatic N) is 3. The third-order valence-electron chi connectivity index (χ3n) is 7.20. The lowest BCUT2D eigenvalue weighted by molar-refractivity contribution is -0.274. The van der Waals surface area contributed by atoms with Gasteiger partial charge in [-0.05, 0) is 55.2 Å². The van der Waals surface area contributed by atoms with Crippen LogP contribution >= 0.6 is 11.6 Å². The summed E-state index contributed by atoms with van der Waals surface area (Å²) in [6, 6.07) is 15.1. The first-order chi connectivity index (χ1) is 18.1. The molecule has 2 aromatic carbocycles. The van der Waals surface area contributed by atoms with Crippen molar-refractivity contribution < 1.29 is 27.8 Å². The van der Waals surface area contributed by atoms with Crippen LogP contribution in [0.4, 0.5) is 18.0 Å². The molecule has 2 N–H and O–H groups in total. The van der Waals surface area contributed by atoms with Gasteiger partial charge in [0.05, 0.1) is 11.8 Å². The van der Waals surface area contributed by atoms with E-state index in [4.69, 9.17) is 11.6 Å². The van der Waals surface area contributed by atoms with Gasteiger partial charge >= 0.3 is 12.4 Å². The second-order valence-corrected chi connectivity index (χ2v) is 10.3. The molecule has 2 aliphatic rings. The van der Waals surface area contributed by atoms with Gasteiger partial charge in [0, 0.05) is 54.3 Å². The maximum Gasteiger partial charge on any atom is 0.573 e. The first-order valence-electron chi connectivity index (χ1n) is 12.5. The van der Waals surface area contributed by atoms with Gasteiger partial charge in [0.25, 0.3) is 0 Å². The third kappa shape index (κ3) is 6.24. The summed E-state index contributed by atoms with van der Waals surface area (Å²) in [5.74, 6) is -0.460. The number of halogens is 4. The first kappa shape index (κ1) is 26.4. The number of alkyl halides is 3. The minimum Gasteiger partial charge on any atom is -0.406 e. The Labute approximate surface area is 223 Å². The summed E-state index contributed by atoms with van der Waals surface area (Å²) in [6.45, 7) is 1.88. The van der Waals surface area contributed by atoms with Crippen molar-refractivity contribution in [3.63, 3.8) is 0 Å². The lowest BCUT2D eigenvalue weighted by atomic mass is 9.83. The van der Waals surface area contributed by atoms with Crippen molar-refractivity contribution in [2.45, 2.75) is 43.6 Å². The monoisotopic (exact) mass is 548 g/mol. The number of aliphatic hydroxyl groups excluding tert-OH is 1. The number of nitrogens with one attached hydrogen (secondary N) is 1. The summed E-state index contributed by atoms with van der Waals surface area (Å²) in [7, 11) is 0. The zero-order chi connectivity index (χ0) is 26.9. The molecule has 0 spiro atoms. The van der Waals surface area contributed by atoms with Gasteiger partial charge in [-0.2, -0.15) is 5.10 Å². The highest BCUT2D eigenvalue weighted by Gasteiger charge is 2.36. The van der Waals surface area contributed by atoms with Crippen molar-refractivity contribution in [1.82, 2.24) is 20.0 Å². The number of rotatable bonds is 4. The highest BCUT2D eigenvalue weighted by Crippen LogP contribution is 2.38. The number of H-pyrrole nitrogens is 1. The van der Waals surface area contributed by atoms with E-state index in [1.54, 1.807) is 28.0 Å².